The molecule has 2 aliphatic rings. The average Bonchev–Trinajstić information content (AvgIpc) is 3.25. The van der Waals surface area contributed by atoms with Gasteiger partial charge in [0.15, 0.2) is 16.7 Å². The summed E-state index contributed by atoms with van der Waals surface area (Å²) in [4.78, 5) is 21.3. The standard InChI is InChI=1S/C32H32Cl2N2O3S/c1-3-38-29-18-22(14-16-28(29)39-20-23-13-15-25(33)26(34)17-23)19-30-31(37)36(27-12-8-7-9-21(27)2)32(40-30)35-24-10-5-4-6-11-24/h4-6,10-11,13-19,21,27H,3,7-9,12,20H2,1-2H3/b30-19-,35-32?/t21-,27-/m1/s1. The maximum absolute atomic E-state index is 13.8. The number of hydrogen-bond donors (Lipinski definition) is 0. The summed E-state index contributed by atoms with van der Waals surface area (Å²) in [7, 11) is 0. The zero-order valence-electron chi connectivity index (χ0n) is 22.6. The number of benzene rings is 3. The number of halogens is 2. The number of amides is 1. The van der Waals surface area contributed by atoms with Crippen molar-refractivity contribution < 1.29 is 14.3 Å². The summed E-state index contributed by atoms with van der Waals surface area (Å²) in [6.07, 6.45) is 6.38. The zero-order valence-corrected chi connectivity index (χ0v) is 24.9. The van der Waals surface area contributed by atoms with Crippen LogP contribution in [0.5, 0.6) is 11.5 Å². The molecule has 1 saturated carbocycles. The van der Waals surface area contributed by atoms with Crippen LogP contribution < -0.4 is 9.47 Å². The van der Waals surface area contributed by atoms with E-state index in [2.05, 4.69) is 6.92 Å². The molecule has 208 valence electrons. The Bertz CT molecular complexity index is 1430. The number of carbonyl (C=O) groups excluding carboxylic acids is 1. The number of thioether (sulfide) groups is 1. The summed E-state index contributed by atoms with van der Waals surface area (Å²) < 4.78 is 12.0. The first kappa shape index (κ1) is 28.6. The minimum Gasteiger partial charge on any atom is -0.490 e. The first-order chi connectivity index (χ1) is 19.4. The number of amidine groups is 1. The molecule has 0 spiro atoms. The van der Waals surface area contributed by atoms with Gasteiger partial charge in [-0.25, -0.2) is 4.99 Å². The smallest absolute Gasteiger partial charge is 0.267 e. The van der Waals surface area contributed by atoms with Crippen molar-refractivity contribution in [1.82, 2.24) is 4.90 Å². The highest BCUT2D eigenvalue weighted by molar-refractivity contribution is 8.18. The van der Waals surface area contributed by atoms with Gasteiger partial charge in [0.2, 0.25) is 0 Å². The van der Waals surface area contributed by atoms with Gasteiger partial charge >= 0.3 is 0 Å². The fourth-order valence-corrected chi connectivity index (χ4v) is 6.46. The second-order valence-corrected chi connectivity index (χ2v) is 11.8. The van der Waals surface area contributed by atoms with Crippen LogP contribution in [0.25, 0.3) is 6.08 Å². The van der Waals surface area contributed by atoms with E-state index >= 15 is 0 Å². The monoisotopic (exact) mass is 594 g/mol. The molecule has 1 aliphatic heterocycles. The predicted molar refractivity (Wildman–Crippen MR) is 166 cm³/mol. The van der Waals surface area contributed by atoms with Crippen molar-refractivity contribution in [2.75, 3.05) is 6.61 Å². The predicted octanol–water partition coefficient (Wildman–Crippen LogP) is 9.15. The lowest BCUT2D eigenvalue weighted by atomic mass is 9.85. The molecule has 5 rings (SSSR count). The van der Waals surface area contributed by atoms with Gasteiger partial charge in [0, 0.05) is 6.04 Å². The molecule has 1 heterocycles. The van der Waals surface area contributed by atoms with E-state index < -0.39 is 0 Å². The van der Waals surface area contributed by atoms with Crippen molar-refractivity contribution in [1.29, 1.82) is 0 Å². The highest BCUT2D eigenvalue weighted by Crippen LogP contribution is 2.41. The van der Waals surface area contributed by atoms with Crippen LogP contribution in [0.15, 0.2) is 76.6 Å². The molecule has 40 heavy (non-hydrogen) atoms. The largest absolute Gasteiger partial charge is 0.490 e. The van der Waals surface area contributed by atoms with E-state index in [1.54, 1.807) is 12.1 Å². The second kappa shape index (κ2) is 13.2. The SMILES string of the molecule is CCOc1cc(/C=C2\SC(=Nc3ccccc3)N([C@@H]3CCCC[C@H]3C)C2=O)ccc1OCc1ccc(Cl)c(Cl)c1. The van der Waals surface area contributed by atoms with E-state index in [4.69, 9.17) is 37.7 Å². The van der Waals surface area contributed by atoms with Crippen molar-refractivity contribution in [3.8, 4) is 11.5 Å². The fraction of sp³-hybridized carbons (Fsp3) is 0.312. The summed E-state index contributed by atoms with van der Waals surface area (Å²) in [5.74, 6) is 1.67. The maximum atomic E-state index is 13.8. The van der Waals surface area contributed by atoms with Gasteiger partial charge in [-0.15, -0.1) is 0 Å². The van der Waals surface area contributed by atoms with Crippen LogP contribution in [-0.4, -0.2) is 28.6 Å². The molecule has 0 radical (unpaired) electrons. The van der Waals surface area contributed by atoms with Gasteiger partial charge in [0.25, 0.3) is 5.91 Å². The number of carbonyl (C=O) groups is 1. The lowest BCUT2D eigenvalue weighted by molar-refractivity contribution is -0.124. The Balaban J connectivity index is 1.41. The van der Waals surface area contributed by atoms with Crippen LogP contribution in [0.1, 0.15) is 50.7 Å². The third kappa shape index (κ3) is 6.68. The molecular formula is C32H32Cl2N2O3S. The number of nitrogens with zero attached hydrogens (tertiary/aromatic N) is 2. The van der Waals surface area contributed by atoms with E-state index in [1.165, 1.54) is 18.2 Å². The number of para-hydroxylation sites is 1. The molecule has 8 heteroatoms. The molecule has 3 aromatic rings. The molecule has 0 unspecified atom stereocenters. The number of hydrogen-bond acceptors (Lipinski definition) is 5. The molecular weight excluding hydrogens is 563 g/mol. The summed E-state index contributed by atoms with van der Waals surface area (Å²) in [6.45, 7) is 4.98. The molecule has 1 saturated heterocycles. The van der Waals surface area contributed by atoms with Crippen LogP contribution >= 0.6 is 35.0 Å². The Morgan fingerprint density at radius 2 is 1.77 bits per heavy atom. The van der Waals surface area contributed by atoms with Gasteiger partial charge in [0.05, 0.1) is 27.2 Å². The Morgan fingerprint density at radius 1 is 0.975 bits per heavy atom. The lowest BCUT2D eigenvalue weighted by Crippen LogP contribution is -2.44. The minimum absolute atomic E-state index is 0.0105. The zero-order chi connectivity index (χ0) is 28.1. The van der Waals surface area contributed by atoms with Gasteiger partial charge in [-0.1, -0.05) is 73.3 Å². The van der Waals surface area contributed by atoms with Gasteiger partial charge in [-0.3, -0.25) is 9.69 Å². The Kier molecular flexibility index (Phi) is 9.40. The van der Waals surface area contributed by atoms with Crippen molar-refractivity contribution in [2.24, 2.45) is 10.9 Å². The van der Waals surface area contributed by atoms with E-state index in [0.29, 0.717) is 45.6 Å². The van der Waals surface area contributed by atoms with Gasteiger partial charge in [0.1, 0.15) is 6.61 Å². The highest BCUT2D eigenvalue weighted by atomic mass is 35.5. The highest BCUT2D eigenvalue weighted by Gasteiger charge is 2.41. The minimum atomic E-state index is 0.0105. The number of ether oxygens (including phenoxy) is 2. The summed E-state index contributed by atoms with van der Waals surface area (Å²) >= 11 is 13.6. The molecule has 1 aliphatic carbocycles. The van der Waals surface area contributed by atoms with Gasteiger partial charge in [-0.2, -0.15) is 0 Å². The molecule has 0 aromatic heterocycles. The third-order valence-electron chi connectivity index (χ3n) is 7.16. The number of rotatable bonds is 8. The summed E-state index contributed by atoms with van der Waals surface area (Å²) in [5, 5.41) is 1.73. The van der Waals surface area contributed by atoms with E-state index in [9.17, 15) is 4.79 Å². The van der Waals surface area contributed by atoms with Crippen LogP contribution in [0.4, 0.5) is 5.69 Å². The van der Waals surface area contributed by atoms with Crippen molar-refractivity contribution in [3.05, 3.63) is 92.8 Å². The third-order valence-corrected chi connectivity index (χ3v) is 8.88. The van der Waals surface area contributed by atoms with Gasteiger partial charge in [-0.05, 0) is 91.0 Å². The normalized spacial score (nSPS) is 21.3. The Labute approximate surface area is 250 Å². The number of aliphatic imine (C=N–C) groups is 1. The van der Waals surface area contributed by atoms with Crippen molar-refractivity contribution in [2.45, 2.75) is 52.2 Å². The first-order valence-electron chi connectivity index (χ1n) is 13.6. The molecule has 5 nitrogen and oxygen atoms in total. The molecule has 0 N–H and O–H groups in total. The maximum Gasteiger partial charge on any atom is 0.267 e. The molecule has 1 amide bonds. The second-order valence-electron chi connectivity index (χ2n) is 10.0. The topological polar surface area (TPSA) is 51.1 Å². The first-order valence-corrected chi connectivity index (χ1v) is 15.2. The van der Waals surface area contributed by atoms with E-state index in [1.807, 2.05) is 72.5 Å². The summed E-state index contributed by atoms with van der Waals surface area (Å²) in [6, 6.07) is 21.1. The van der Waals surface area contributed by atoms with Crippen molar-refractivity contribution >= 4 is 57.8 Å². The average molecular weight is 596 g/mol. The lowest BCUT2D eigenvalue weighted by Gasteiger charge is -2.35. The molecule has 2 fully saturated rings. The Hall–Kier alpha value is -2.93. The molecule has 2 atom stereocenters. The molecule has 0 bridgehead atoms. The van der Waals surface area contributed by atoms with E-state index in [-0.39, 0.29) is 11.9 Å². The summed E-state index contributed by atoms with van der Waals surface area (Å²) in [5.41, 5.74) is 2.60. The van der Waals surface area contributed by atoms with Crippen LogP contribution in [0.2, 0.25) is 10.0 Å². The van der Waals surface area contributed by atoms with E-state index in [0.717, 1.165) is 41.2 Å². The van der Waals surface area contributed by atoms with Crippen LogP contribution in [0, 0.1) is 5.92 Å². The van der Waals surface area contributed by atoms with Crippen LogP contribution in [-0.2, 0) is 11.4 Å². The quantitative estimate of drug-likeness (QED) is 0.244. The van der Waals surface area contributed by atoms with Crippen LogP contribution in [0.3, 0.4) is 0 Å². The fourth-order valence-electron chi connectivity index (χ4n) is 5.09. The Morgan fingerprint density at radius 3 is 2.52 bits per heavy atom. The van der Waals surface area contributed by atoms with Crippen molar-refractivity contribution in [3.63, 3.8) is 0 Å². The molecule has 3 aromatic carbocycles. The van der Waals surface area contributed by atoms with Gasteiger partial charge < -0.3 is 9.47 Å².